The summed E-state index contributed by atoms with van der Waals surface area (Å²) >= 11 is 0. The molecule has 0 N–H and O–H groups in total. The van der Waals surface area contributed by atoms with Gasteiger partial charge < -0.3 is 0 Å². The fraction of sp³-hybridized carbons (Fsp3) is 0.867. The first-order valence-electron chi connectivity index (χ1n) is 6.75. The van der Waals surface area contributed by atoms with Gasteiger partial charge in [-0.3, -0.25) is 9.59 Å². The van der Waals surface area contributed by atoms with E-state index in [1.165, 1.54) is 0 Å². The van der Waals surface area contributed by atoms with Crippen LogP contribution in [0.15, 0.2) is 0 Å². The van der Waals surface area contributed by atoms with E-state index in [-0.39, 0.29) is 29.5 Å². The second kappa shape index (κ2) is 6.93. The maximum Gasteiger partial charge on any atom is 0.138 e. The number of hydrogen-bond acceptors (Lipinski definition) is 2. The maximum absolute atomic E-state index is 12.1. The standard InChI is InChI=1S/C15H28O2/c1-9(2)13(15(17)11(5)6)8-12(7)14(16)10(3)4/h9-13H,8H2,1-7H3. The molecule has 100 valence electrons. The zero-order chi connectivity index (χ0) is 13.7. The van der Waals surface area contributed by atoms with Gasteiger partial charge in [0, 0.05) is 23.7 Å². The summed E-state index contributed by atoms with van der Waals surface area (Å²) in [5, 5.41) is 0. The van der Waals surface area contributed by atoms with Crippen LogP contribution in [-0.2, 0) is 9.59 Å². The van der Waals surface area contributed by atoms with Gasteiger partial charge in [0.2, 0.25) is 0 Å². The van der Waals surface area contributed by atoms with Crippen LogP contribution in [0.25, 0.3) is 0 Å². The van der Waals surface area contributed by atoms with Gasteiger partial charge in [-0.2, -0.15) is 0 Å². The summed E-state index contributed by atoms with van der Waals surface area (Å²) < 4.78 is 0. The fourth-order valence-corrected chi connectivity index (χ4v) is 2.21. The van der Waals surface area contributed by atoms with Gasteiger partial charge in [0.05, 0.1) is 0 Å². The van der Waals surface area contributed by atoms with Gasteiger partial charge in [-0.15, -0.1) is 0 Å². The fourth-order valence-electron chi connectivity index (χ4n) is 2.21. The van der Waals surface area contributed by atoms with Gasteiger partial charge in [0.15, 0.2) is 0 Å². The molecular weight excluding hydrogens is 212 g/mol. The van der Waals surface area contributed by atoms with Gasteiger partial charge in [-0.25, -0.2) is 0 Å². The number of hydrogen-bond donors (Lipinski definition) is 0. The van der Waals surface area contributed by atoms with E-state index in [1.807, 2.05) is 34.6 Å². The summed E-state index contributed by atoms with van der Waals surface area (Å²) in [6.45, 7) is 13.8. The van der Waals surface area contributed by atoms with E-state index in [0.717, 1.165) is 0 Å². The number of carbonyl (C=O) groups excluding carboxylic acids is 2. The lowest BCUT2D eigenvalue weighted by Crippen LogP contribution is -2.29. The molecule has 0 aliphatic carbocycles. The van der Waals surface area contributed by atoms with Crippen molar-refractivity contribution in [1.29, 1.82) is 0 Å². The predicted molar refractivity (Wildman–Crippen MR) is 71.8 cm³/mol. The summed E-state index contributed by atoms with van der Waals surface area (Å²) in [6.07, 6.45) is 0.700. The average molecular weight is 240 g/mol. The minimum atomic E-state index is -0.00917. The Kier molecular flexibility index (Phi) is 6.66. The molecule has 2 atom stereocenters. The van der Waals surface area contributed by atoms with Crippen LogP contribution in [-0.4, -0.2) is 11.6 Å². The molecule has 0 spiro atoms. The molecule has 0 aromatic heterocycles. The highest BCUT2D eigenvalue weighted by atomic mass is 16.1. The van der Waals surface area contributed by atoms with Crippen molar-refractivity contribution in [3.05, 3.63) is 0 Å². The Hall–Kier alpha value is -0.660. The third-order valence-electron chi connectivity index (χ3n) is 3.40. The zero-order valence-electron chi connectivity index (χ0n) is 12.4. The Labute approximate surface area is 106 Å². The quantitative estimate of drug-likeness (QED) is 0.679. The lowest BCUT2D eigenvalue weighted by Gasteiger charge is -2.25. The molecule has 0 fully saturated rings. The average Bonchev–Trinajstić information content (AvgIpc) is 2.22. The number of ketones is 2. The van der Waals surface area contributed by atoms with E-state index in [0.29, 0.717) is 18.1 Å². The highest BCUT2D eigenvalue weighted by Crippen LogP contribution is 2.26. The number of carbonyl (C=O) groups is 2. The second-order valence-electron chi connectivity index (χ2n) is 6.10. The molecule has 0 aliphatic heterocycles. The minimum absolute atomic E-state index is 0.00917. The summed E-state index contributed by atoms with van der Waals surface area (Å²) in [7, 11) is 0. The van der Waals surface area contributed by atoms with Gasteiger partial charge >= 0.3 is 0 Å². The molecule has 0 saturated heterocycles. The first kappa shape index (κ1) is 16.3. The number of Topliss-reactive ketones (excluding diaryl/α,β-unsaturated/α-hetero) is 2. The molecule has 2 nitrogen and oxygen atoms in total. The van der Waals surface area contributed by atoms with Crippen molar-refractivity contribution in [3.63, 3.8) is 0 Å². The van der Waals surface area contributed by atoms with E-state index in [1.54, 1.807) is 0 Å². The summed E-state index contributed by atoms with van der Waals surface area (Å²) in [4.78, 5) is 24.0. The topological polar surface area (TPSA) is 34.1 Å². The highest BCUT2D eigenvalue weighted by molar-refractivity contribution is 5.85. The van der Waals surface area contributed by atoms with Crippen LogP contribution >= 0.6 is 0 Å². The van der Waals surface area contributed by atoms with Gasteiger partial charge in [0.1, 0.15) is 11.6 Å². The van der Waals surface area contributed by atoms with Crippen molar-refractivity contribution in [2.45, 2.75) is 54.9 Å². The molecule has 0 amide bonds. The van der Waals surface area contributed by atoms with Gasteiger partial charge in [-0.1, -0.05) is 48.5 Å². The molecule has 0 saturated carbocycles. The Morgan fingerprint density at radius 1 is 0.765 bits per heavy atom. The molecular formula is C15H28O2. The third-order valence-corrected chi connectivity index (χ3v) is 3.40. The normalized spacial score (nSPS) is 15.4. The van der Waals surface area contributed by atoms with Crippen molar-refractivity contribution in [3.8, 4) is 0 Å². The van der Waals surface area contributed by atoms with Crippen LogP contribution in [0.1, 0.15) is 54.9 Å². The molecule has 17 heavy (non-hydrogen) atoms. The Morgan fingerprint density at radius 3 is 1.47 bits per heavy atom. The predicted octanol–water partition coefficient (Wildman–Crippen LogP) is 3.74. The van der Waals surface area contributed by atoms with Crippen LogP contribution in [0, 0.1) is 29.6 Å². The van der Waals surface area contributed by atoms with Crippen LogP contribution in [0.4, 0.5) is 0 Å². The van der Waals surface area contributed by atoms with E-state index in [2.05, 4.69) is 13.8 Å². The van der Waals surface area contributed by atoms with Crippen molar-refractivity contribution < 1.29 is 9.59 Å². The molecule has 0 aliphatic rings. The Balaban J connectivity index is 4.67. The third kappa shape index (κ3) is 5.01. The first-order valence-corrected chi connectivity index (χ1v) is 6.75. The maximum atomic E-state index is 12.1. The molecule has 0 bridgehead atoms. The smallest absolute Gasteiger partial charge is 0.138 e. The van der Waals surface area contributed by atoms with Crippen LogP contribution in [0.2, 0.25) is 0 Å². The van der Waals surface area contributed by atoms with E-state index in [4.69, 9.17) is 0 Å². The summed E-state index contributed by atoms with van der Waals surface area (Å²) in [5.41, 5.74) is 0. The van der Waals surface area contributed by atoms with E-state index >= 15 is 0 Å². The SMILES string of the molecule is CC(C)C(=O)C(C)CC(C(=O)C(C)C)C(C)C. The Bertz CT molecular complexity index is 264. The van der Waals surface area contributed by atoms with Crippen molar-refractivity contribution >= 4 is 11.6 Å². The Morgan fingerprint density at radius 2 is 1.18 bits per heavy atom. The van der Waals surface area contributed by atoms with E-state index < -0.39 is 0 Å². The van der Waals surface area contributed by atoms with Crippen LogP contribution in [0.3, 0.4) is 0 Å². The first-order chi connectivity index (χ1) is 7.68. The number of rotatable bonds is 7. The largest absolute Gasteiger partial charge is 0.299 e. The molecule has 0 rings (SSSR count). The van der Waals surface area contributed by atoms with Crippen molar-refractivity contribution in [1.82, 2.24) is 0 Å². The zero-order valence-corrected chi connectivity index (χ0v) is 12.4. The van der Waals surface area contributed by atoms with E-state index in [9.17, 15) is 9.59 Å². The molecule has 2 unspecified atom stereocenters. The summed E-state index contributed by atoms with van der Waals surface area (Å²) in [5.74, 6) is 1.01. The van der Waals surface area contributed by atoms with Crippen molar-refractivity contribution in [2.75, 3.05) is 0 Å². The molecule has 0 aromatic carbocycles. The molecule has 0 aromatic rings. The van der Waals surface area contributed by atoms with Crippen molar-refractivity contribution in [2.24, 2.45) is 29.6 Å². The monoisotopic (exact) mass is 240 g/mol. The molecule has 2 heteroatoms. The highest BCUT2D eigenvalue weighted by Gasteiger charge is 2.28. The minimum Gasteiger partial charge on any atom is -0.299 e. The lowest BCUT2D eigenvalue weighted by molar-refractivity contribution is -0.130. The van der Waals surface area contributed by atoms with Crippen LogP contribution in [0.5, 0.6) is 0 Å². The summed E-state index contributed by atoms with van der Waals surface area (Å²) in [6, 6.07) is 0. The second-order valence-corrected chi connectivity index (χ2v) is 6.10. The van der Waals surface area contributed by atoms with Crippen LogP contribution < -0.4 is 0 Å². The van der Waals surface area contributed by atoms with Gasteiger partial charge in [-0.05, 0) is 12.3 Å². The molecule has 0 heterocycles. The van der Waals surface area contributed by atoms with Gasteiger partial charge in [0.25, 0.3) is 0 Å². The molecule has 0 radical (unpaired) electrons. The lowest BCUT2D eigenvalue weighted by atomic mass is 9.78.